The van der Waals surface area contributed by atoms with Crippen LogP contribution in [0.25, 0.3) is 0 Å². The van der Waals surface area contributed by atoms with Crippen molar-refractivity contribution in [3.63, 3.8) is 0 Å². The maximum absolute atomic E-state index is 13.4. The van der Waals surface area contributed by atoms with Gasteiger partial charge in [-0.25, -0.2) is 8.78 Å². The van der Waals surface area contributed by atoms with Crippen molar-refractivity contribution in [1.82, 2.24) is 5.32 Å². The fourth-order valence-corrected chi connectivity index (χ4v) is 2.06. The second kappa shape index (κ2) is 8.04. The molecule has 0 spiro atoms. The highest BCUT2D eigenvalue weighted by molar-refractivity contribution is 7.80. The molecule has 0 radical (unpaired) electrons. The molecule has 1 rings (SSSR count). The minimum Gasteiger partial charge on any atom is -0.360 e. The first-order valence-electron chi connectivity index (χ1n) is 6.55. The van der Waals surface area contributed by atoms with Gasteiger partial charge in [0.25, 0.3) is 0 Å². The van der Waals surface area contributed by atoms with Crippen molar-refractivity contribution in [2.45, 2.75) is 45.6 Å². The molecule has 0 aliphatic carbocycles. The summed E-state index contributed by atoms with van der Waals surface area (Å²) in [7, 11) is 0. The third-order valence-corrected chi connectivity index (χ3v) is 3.02. The van der Waals surface area contributed by atoms with Crippen LogP contribution >= 0.6 is 12.2 Å². The van der Waals surface area contributed by atoms with E-state index in [4.69, 9.17) is 12.2 Å². The topological polar surface area (TPSA) is 24.1 Å². The molecule has 0 saturated carbocycles. The summed E-state index contributed by atoms with van der Waals surface area (Å²) in [6.45, 7) is 4.19. The van der Waals surface area contributed by atoms with E-state index < -0.39 is 11.6 Å². The van der Waals surface area contributed by atoms with Gasteiger partial charge < -0.3 is 10.6 Å². The van der Waals surface area contributed by atoms with Crippen molar-refractivity contribution in [2.24, 2.45) is 0 Å². The molecule has 106 valence electrons. The Hall–Kier alpha value is -1.23. The molecule has 0 amide bonds. The predicted molar refractivity (Wildman–Crippen MR) is 79.3 cm³/mol. The molecule has 0 aliphatic heterocycles. The largest absolute Gasteiger partial charge is 0.360 e. The molecule has 0 saturated heterocycles. The zero-order valence-corrected chi connectivity index (χ0v) is 12.1. The standard InChI is InChI=1S/C14H20F2N2S/c1-3-4-5-6-10(2)17-14(19)18-13-8-7-11(15)9-12(13)16/h7-10H,3-6H2,1-2H3,(H2,17,18,19). The van der Waals surface area contributed by atoms with Crippen LogP contribution in [0.1, 0.15) is 39.5 Å². The number of hydrogen-bond acceptors (Lipinski definition) is 1. The Labute approximate surface area is 118 Å². The lowest BCUT2D eigenvalue weighted by Gasteiger charge is -2.17. The molecule has 5 heteroatoms. The van der Waals surface area contributed by atoms with Crippen LogP contribution in [0.4, 0.5) is 14.5 Å². The van der Waals surface area contributed by atoms with Gasteiger partial charge in [-0.3, -0.25) is 0 Å². The average molecular weight is 286 g/mol. The molecule has 0 bridgehead atoms. The molecule has 1 atom stereocenters. The Morgan fingerprint density at radius 3 is 2.68 bits per heavy atom. The van der Waals surface area contributed by atoms with Crippen molar-refractivity contribution in [3.05, 3.63) is 29.8 Å². The van der Waals surface area contributed by atoms with Gasteiger partial charge in [-0.2, -0.15) is 0 Å². The Balaban J connectivity index is 2.42. The summed E-state index contributed by atoms with van der Waals surface area (Å²) < 4.78 is 26.2. The molecule has 0 aromatic heterocycles. The van der Waals surface area contributed by atoms with Crippen LogP contribution in [-0.2, 0) is 0 Å². The van der Waals surface area contributed by atoms with Crippen molar-refractivity contribution < 1.29 is 8.78 Å². The van der Waals surface area contributed by atoms with Gasteiger partial charge in [-0.1, -0.05) is 26.2 Å². The molecule has 2 N–H and O–H groups in total. The highest BCUT2D eigenvalue weighted by Crippen LogP contribution is 2.14. The lowest BCUT2D eigenvalue weighted by molar-refractivity contribution is 0.556. The third-order valence-electron chi connectivity index (χ3n) is 2.80. The second-order valence-corrected chi connectivity index (χ2v) is 5.03. The van der Waals surface area contributed by atoms with Crippen LogP contribution in [0.15, 0.2) is 18.2 Å². The minimum absolute atomic E-state index is 0.180. The quantitative estimate of drug-likeness (QED) is 0.605. The van der Waals surface area contributed by atoms with E-state index >= 15 is 0 Å². The van der Waals surface area contributed by atoms with Gasteiger partial charge in [0, 0.05) is 12.1 Å². The van der Waals surface area contributed by atoms with Gasteiger partial charge >= 0.3 is 0 Å². The predicted octanol–water partition coefficient (Wildman–Crippen LogP) is 4.22. The van der Waals surface area contributed by atoms with Crippen molar-refractivity contribution in [1.29, 1.82) is 0 Å². The maximum Gasteiger partial charge on any atom is 0.171 e. The van der Waals surface area contributed by atoms with Gasteiger partial charge in [0.15, 0.2) is 5.11 Å². The molecule has 1 aromatic carbocycles. The van der Waals surface area contributed by atoms with E-state index in [1.807, 2.05) is 6.92 Å². The molecule has 1 unspecified atom stereocenters. The summed E-state index contributed by atoms with van der Waals surface area (Å²) in [6, 6.07) is 3.59. The van der Waals surface area contributed by atoms with Gasteiger partial charge in [0.2, 0.25) is 0 Å². The van der Waals surface area contributed by atoms with E-state index in [9.17, 15) is 8.78 Å². The van der Waals surface area contributed by atoms with Gasteiger partial charge in [-0.05, 0) is 37.7 Å². The lowest BCUT2D eigenvalue weighted by Crippen LogP contribution is -2.36. The molecule has 1 aromatic rings. The number of nitrogens with one attached hydrogen (secondary N) is 2. The number of halogens is 2. The van der Waals surface area contributed by atoms with Gasteiger partial charge in [0.1, 0.15) is 11.6 Å². The van der Waals surface area contributed by atoms with E-state index in [2.05, 4.69) is 17.6 Å². The van der Waals surface area contributed by atoms with E-state index in [0.29, 0.717) is 5.11 Å². The zero-order valence-electron chi connectivity index (χ0n) is 11.3. The van der Waals surface area contributed by atoms with Gasteiger partial charge in [0.05, 0.1) is 5.69 Å². The summed E-state index contributed by atoms with van der Waals surface area (Å²) >= 11 is 5.10. The van der Waals surface area contributed by atoms with Crippen LogP contribution in [0.5, 0.6) is 0 Å². The number of benzene rings is 1. The summed E-state index contributed by atoms with van der Waals surface area (Å²) in [5.74, 6) is -1.25. The van der Waals surface area contributed by atoms with E-state index in [0.717, 1.165) is 18.9 Å². The van der Waals surface area contributed by atoms with E-state index in [1.54, 1.807) is 0 Å². The molecule has 0 aliphatic rings. The Morgan fingerprint density at radius 1 is 1.32 bits per heavy atom. The summed E-state index contributed by atoms with van der Waals surface area (Å²) in [4.78, 5) is 0. The van der Waals surface area contributed by atoms with Crippen LogP contribution < -0.4 is 10.6 Å². The first-order chi connectivity index (χ1) is 9.02. The summed E-state index contributed by atoms with van der Waals surface area (Å²) in [6.07, 6.45) is 4.52. The van der Waals surface area contributed by atoms with Crippen LogP contribution in [0.2, 0.25) is 0 Å². The van der Waals surface area contributed by atoms with Crippen molar-refractivity contribution in [2.75, 3.05) is 5.32 Å². The SMILES string of the molecule is CCCCCC(C)NC(=S)Nc1ccc(F)cc1F. The third kappa shape index (κ3) is 5.96. The normalized spacial score (nSPS) is 12.0. The highest BCUT2D eigenvalue weighted by Gasteiger charge is 2.07. The summed E-state index contributed by atoms with van der Waals surface area (Å²) in [5, 5.41) is 6.18. The van der Waals surface area contributed by atoms with Crippen molar-refractivity contribution in [3.8, 4) is 0 Å². The van der Waals surface area contributed by atoms with Crippen molar-refractivity contribution >= 4 is 23.0 Å². The first kappa shape index (κ1) is 15.8. The molecule has 19 heavy (non-hydrogen) atoms. The number of anilines is 1. The lowest BCUT2D eigenvalue weighted by atomic mass is 10.1. The maximum atomic E-state index is 13.4. The van der Waals surface area contributed by atoms with Gasteiger partial charge in [-0.15, -0.1) is 0 Å². The van der Waals surface area contributed by atoms with Crippen LogP contribution in [0, 0.1) is 11.6 Å². The monoisotopic (exact) mass is 286 g/mol. The van der Waals surface area contributed by atoms with E-state index in [-0.39, 0.29) is 11.7 Å². The number of thiocarbonyl (C=S) groups is 1. The molecule has 0 heterocycles. The van der Waals surface area contributed by atoms with Crippen LogP contribution in [0.3, 0.4) is 0 Å². The Kier molecular flexibility index (Phi) is 6.70. The zero-order chi connectivity index (χ0) is 14.3. The number of hydrogen-bond donors (Lipinski definition) is 2. The number of unbranched alkanes of at least 4 members (excludes halogenated alkanes) is 2. The Morgan fingerprint density at radius 2 is 2.05 bits per heavy atom. The molecule has 0 fully saturated rings. The van der Waals surface area contributed by atoms with Crippen LogP contribution in [-0.4, -0.2) is 11.2 Å². The fourth-order valence-electron chi connectivity index (χ4n) is 1.75. The second-order valence-electron chi connectivity index (χ2n) is 4.62. The average Bonchev–Trinajstić information content (AvgIpc) is 2.33. The van der Waals surface area contributed by atoms with E-state index in [1.165, 1.54) is 25.0 Å². The summed E-state index contributed by atoms with van der Waals surface area (Å²) in [5.41, 5.74) is 0.180. The smallest absolute Gasteiger partial charge is 0.171 e. The first-order valence-corrected chi connectivity index (χ1v) is 6.96. The fraction of sp³-hybridized carbons (Fsp3) is 0.500. The molecular weight excluding hydrogens is 266 g/mol. The highest BCUT2D eigenvalue weighted by atomic mass is 32.1. The minimum atomic E-state index is -0.650. The molecular formula is C14H20F2N2S. The number of rotatable bonds is 6. The Bertz CT molecular complexity index is 424. The molecule has 2 nitrogen and oxygen atoms in total.